The van der Waals surface area contributed by atoms with Gasteiger partial charge in [-0.3, -0.25) is 4.79 Å². The molecule has 3 unspecified atom stereocenters. The summed E-state index contributed by atoms with van der Waals surface area (Å²) in [4.78, 5) is 14.2. The summed E-state index contributed by atoms with van der Waals surface area (Å²) in [5.74, 6) is 0.142. The van der Waals surface area contributed by atoms with Gasteiger partial charge < -0.3 is 15.7 Å². The molecule has 4 heteroatoms. The fraction of sp³-hybridized carbons (Fsp3) is 0.923. The summed E-state index contributed by atoms with van der Waals surface area (Å²) in [6.07, 6.45) is 5.99. The zero-order chi connectivity index (χ0) is 12.5. The smallest absolute Gasteiger partial charge is 0.227 e. The number of aliphatic hydroxyl groups is 1. The predicted octanol–water partition coefficient (Wildman–Crippen LogP) is 0.877. The number of rotatable bonds is 1. The summed E-state index contributed by atoms with van der Waals surface area (Å²) < 4.78 is 0. The number of hydrogen-bond donors (Lipinski definition) is 2. The zero-order valence-electron chi connectivity index (χ0n) is 10.7. The predicted molar refractivity (Wildman–Crippen MR) is 66.4 cm³/mol. The average molecular weight is 240 g/mol. The Hall–Kier alpha value is -0.610. The molecule has 1 heterocycles. The van der Waals surface area contributed by atoms with E-state index in [4.69, 9.17) is 5.73 Å². The minimum absolute atomic E-state index is 0.00977. The first-order valence-corrected chi connectivity index (χ1v) is 6.76. The molecular weight excluding hydrogens is 216 g/mol. The number of carbonyl (C=O) groups excluding carboxylic acids is 1. The van der Waals surface area contributed by atoms with Crippen LogP contribution in [0.1, 0.15) is 45.4 Å². The monoisotopic (exact) mass is 240 g/mol. The Kier molecular flexibility index (Phi) is 3.73. The van der Waals surface area contributed by atoms with E-state index < -0.39 is 5.60 Å². The molecule has 0 bridgehead atoms. The molecule has 1 aliphatic carbocycles. The Bertz CT molecular complexity index is 291. The lowest BCUT2D eigenvalue weighted by atomic mass is 9.94. The van der Waals surface area contributed by atoms with Crippen LogP contribution in [-0.4, -0.2) is 40.6 Å². The van der Waals surface area contributed by atoms with Crippen molar-refractivity contribution in [3.8, 4) is 0 Å². The molecule has 0 aromatic heterocycles. The highest BCUT2D eigenvalue weighted by molar-refractivity contribution is 5.80. The van der Waals surface area contributed by atoms with E-state index in [0.29, 0.717) is 19.5 Å². The molecule has 0 aromatic rings. The van der Waals surface area contributed by atoms with Gasteiger partial charge in [-0.1, -0.05) is 19.3 Å². The van der Waals surface area contributed by atoms with Gasteiger partial charge in [0.2, 0.25) is 5.91 Å². The molecule has 3 N–H and O–H groups in total. The molecule has 2 aliphatic rings. The van der Waals surface area contributed by atoms with Crippen molar-refractivity contribution in [1.29, 1.82) is 0 Å². The van der Waals surface area contributed by atoms with E-state index in [0.717, 1.165) is 25.7 Å². The van der Waals surface area contributed by atoms with E-state index in [1.807, 2.05) is 0 Å². The topological polar surface area (TPSA) is 66.6 Å². The summed E-state index contributed by atoms with van der Waals surface area (Å²) in [7, 11) is 0. The number of hydrogen-bond acceptors (Lipinski definition) is 3. The molecule has 0 spiro atoms. The van der Waals surface area contributed by atoms with E-state index in [-0.39, 0.29) is 17.9 Å². The molecule has 3 atom stereocenters. The van der Waals surface area contributed by atoms with Crippen molar-refractivity contribution in [2.24, 2.45) is 11.7 Å². The third-order valence-corrected chi connectivity index (χ3v) is 4.15. The maximum atomic E-state index is 12.4. The van der Waals surface area contributed by atoms with Crippen LogP contribution in [0.3, 0.4) is 0 Å². The molecule has 1 saturated heterocycles. The molecule has 17 heavy (non-hydrogen) atoms. The van der Waals surface area contributed by atoms with Crippen LogP contribution >= 0.6 is 0 Å². The standard InChI is InChI=1S/C13H24N2O2/c1-13(17)7-8-15(9-13)12(16)10-5-3-2-4-6-11(10)14/h10-11,17H,2-9,14H2,1H3. The molecule has 2 fully saturated rings. The van der Waals surface area contributed by atoms with Crippen LogP contribution in [0.25, 0.3) is 0 Å². The van der Waals surface area contributed by atoms with Gasteiger partial charge in [-0.15, -0.1) is 0 Å². The van der Waals surface area contributed by atoms with Crippen LogP contribution < -0.4 is 5.73 Å². The van der Waals surface area contributed by atoms with Crippen LogP contribution in [0.5, 0.6) is 0 Å². The first-order valence-electron chi connectivity index (χ1n) is 6.76. The Labute approximate surface area is 103 Å². The Morgan fingerprint density at radius 1 is 1.35 bits per heavy atom. The number of nitrogens with two attached hydrogens (primary N) is 1. The van der Waals surface area contributed by atoms with Crippen LogP contribution in [0.4, 0.5) is 0 Å². The Morgan fingerprint density at radius 3 is 2.71 bits per heavy atom. The number of amides is 1. The van der Waals surface area contributed by atoms with Gasteiger partial charge >= 0.3 is 0 Å². The quantitative estimate of drug-likeness (QED) is 0.669. The highest BCUT2D eigenvalue weighted by atomic mass is 16.3. The van der Waals surface area contributed by atoms with Crippen molar-refractivity contribution in [2.45, 2.75) is 57.1 Å². The second-order valence-corrected chi connectivity index (χ2v) is 5.92. The molecule has 1 amide bonds. The van der Waals surface area contributed by atoms with E-state index >= 15 is 0 Å². The van der Waals surface area contributed by atoms with Crippen molar-refractivity contribution in [2.75, 3.05) is 13.1 Å². The lowest BCUT2D eigenvalue weighted by molar-refractivity contribution is -0.136. The van der Waals surface area contributed by atoms with Gasteiger partial charge in [0.25, 0.3) is 0 Å². The van der Waals surface area contributed by atoms with Crippen LogP contribution in [-0.2, 0) is 4.79 Å². The van der Waals surface area contributed by atoms with E-state index in [1.54, 1.807) is 11.8 Å². The van der Waals surface area contributed by atoms with Crippen LogP contribution in [0, 0.1) is 5.92 Å². The SMILES string of the molecule is CC1(O)CCN(C(=O)C2CCCCCC2N)C1. The maximum absolute atomic E-state index is 12.4. The number of β-amino-alcohol motifs (C(OH)–C–C–N with tert-alkyl or cyclic N) is 1. The summed E-state index contributed by atoms with van der Waals surface area (Å²) in [5.41, 5.74) is 5.40. The maximum Gasteiger partial charge on any atom is 0.227 e. The number of likely N-dealkylation sites (tertiary alicyclic amines) is 1. The van der Waals surface area contributed by atoms with Crippen LogP contribution in [0.15, 0.2) is 0 Å². The van der Waals surface area contributed by atoms with Gasteiger partial charge in [0.15, 0.2) is 0 Å². The number of carbonyl (C=O) groups is 1. The van der Waals surface area contributed by atoms with Crippen molar-refractivity contribution >= 4 is 5.91 Å². The van der Waals surface area contributed by atoms with Crippen molar-refractivity contribution in [3.63, 3.8) is 0 Å². The summed E-state index contributed by atoms with van der Waals surface area (Å²) in [6.45, 7) is 2.94. The van der Waals surface area contributed by atoms with Gasteiger partial charge in [0, 0.05) is 19.1 Å². The normalized spacial score (nSPS) is 39.1. The van der Waals surface area contributed by atoms with Crippen molar-refractivity contribution < 1.29 is 9.90 Å². The van der Waals surface area contributed by atoms with Gasteiger partial charge in [-0.2, -0.15) is 0 Å². The molecule has 0 aromatic carbocycles. The third kappa shape index (κ3) is 2.99. The third-order valence-electron chi connectivity index (χ3n) is 4.15. The lowest BCUT2D eigenvalue weighted by Gasteiger charge is -2.27. The summed E-state index contributed by atoms with van der Waals surface area (Å²) in [6, 6.07) is 0.00977. The first kappa shape index (κ1) is 12.8. The highest BCUT2D eigenvalue weighted by Gasteiger charge is 2.38. The lowest BCUT2D eigenvalue weighted by Crippen LogP contribution is -2.44. The zero-order valence-corrected chi connectivity index (χ0v) is 10.7. The van der Waals surface area contributed by atoms with Crippen molar-refractivity contribution in [3.05, 3.63) is 0 Å². The summed E-state index contributed by atoms with van der Waals surface area (Å²) in [5, 5.41) is 9.91. The average Bonchev–Trinajstić information content (AvgIpc) is 2.49. The fourth-order valence-corrected chi connectivity index (χ4v) is 3.01. The van der Waals surface area contributed by atoms with Gasteiger partial charge in [0.05, 0.1) is 11.5 Å². The molecule has 98 valence electrons. The molecular formula is C13H24N2O2. The molecule has 4 nitrogen and oxygen atoms in total. The van der Waals surface area contributed by atoms with Gasteiger partial charge in [-0.05, 0) is 26.2 Å². The Balaban J connectivity index is 1.99. The van der Waals surface area contributed by atoms with E-state index in [9.17, 15) is 9.90 Å². The minimum Gasteiger partial charge on any atom is -0.388 e. The van der Waals surface area contributed by atoms with Gasteiger partial charge in [-0.25, -0.2) is 0 Å². The largest absolute Gasteiger partial charge is 0.388 e. The molecule has 2 rings (SSSR count). The molecule has 1 aliphatic heterocycles. The summed E-state index contributed by atoms with van der Waals surface area (Å²) >= 11 is 0. The highest BCUT2D eigenvalue weighted by Crippen LogP contribution is 2.27. The van der Waals surface area contributed by atoms with Crippen LogP contribution in [0.2, 0.25) is 0 Å². The van der Waals surface area contributed by atoms with E-state index in [2.05, 4.69) is 0 Å². The first-order chi connectivity index (χ1) is 7.99. The van der Waals surface area contributed by atoms with E-state index in [1.165, 1.54) is 6.42 Å². The second kappa shape index (κ2) is 4.94. The molecule has 1 saturated carbocycles. The second-order valence-electron chi connectivity index (χ2n) is 5.92. The number of nitrogens with zero attached hydrogens (tertiary/aromatic N) is 1. The van der Waals surface area contributed by atoms with Crippen molar-refractivity contribution in [1.82, 2.24) is 4.90 Å². The fourth-order valence-electron chi connectivity index (χ4n) is 3.01. The minimum atomic E-state index is -0.704. The molecule has 0 radical (unpaired) electrons. The Morgan fingerprint density at radius 2 is 2.06 bits per heavy atom. The van der Waals surface area contributed by atoms with Gasteiger partial charge in [0.1, 0.15) is 0 Å².